The SMILES string of the molecule is Cl[Si](Cl)(Cl)CCC12CC3CC(C1)CC(CC[Si](Cl)(Cl)Cl)(C3)C2. The molecule has 4 aliphatic rings. The van der Waals surface area contributed by atoms with Crippen LogP contribution in [0.1, 0.15) is 51.4 Å². The van der Waals surface area contributed by atoms with Crippen LogP contribution in [0.2, 0.25) is 12.1 Å². The van der Waals surface area contributed by atoms with Gasteiger partial charge in [0.2, 0.25) is 0 Å². The molecule has 0 amide bonds. The maximum absolute atomic E-state index is 6.15. The predicted octanol–water partition coefficient (Wildman–Crippen LogP) is 7.66. The van der Waals surface area contributed by atoms with Crippen LogP contribution < -0.4 is 0 Å². The molecule has 22 heavy (non-hydrogen) atoms. The highest BCUT2D eigenvalue weighted by Gasteiger charge is 2.57. The molecule has 0 atom stereocenters. The summed E-state index contributed by atoms with van der Waals surface area (Å²) >= 11 is 36.9. The highest BCUT2D eigenvalue weighted by atomic mass is 35.8. The molecule has 0 aromatic rings. The molecular formula is C14H22Cl6Si2. The summed E-state index contributed by atoms with van der Waals surface area (Å²) in [4.78, 5) is 0. The molecule has 0 aromatic heterocycles. The summed E-state index contributed by atoms with van der Waals surface area (Å²) in [6.45, 7) is 0. The molecule has 0 saturated heterocycles. The second-order valence-corrected chi connectivity index (χ2v) is 26.7. The minimum absolute atomic E-state index is 0.413. The van der Waals surface area contributed by atoms with Crippen LogP contribution in [-0.2, 0) is 0 Å². The van der Waals surface area contributed by atoms with Crippen LogP contribution in [0.15, 0.2) is 0 Å². The average molecular weight is 459 g/mol. The average Bonchev–Trinajstić information content (AvgIpc) is 2.31. The summed E-state index contributed by atoms with van der Waals surface area (Å²) in [5.74, 6) is 1.71. The number of rotatable bonds is 6. The van der Waals surface area contributed by atoms with Gasteiger partial charge in [0.05, 0.1) is 0 Å². The van der Waals surface area contributed by atoms with Gasteiger partial charge in [0, 0.05) is 0 Å². The Balaban J connectivity index is 1.72. The molecule has 0 spiro atoms. The van der Waals surface area contributed by atoms with Gasteiger partial charge in [-0.05, 0) is 86.1 Å². The zero-order valence-electron chi connectivity index (χ0n) is 12.5. The van der Waals surface area contributed by atoms with Gasteiger partial charge in [-0.1, -0.05) is 0 Å². The van der Waals surface area contributed by atoms with Crippen molar-refractivity contribution in [2.45, 2.75) is 63.5 Å². The molecule has 0 unspecified atom stereocenters. The molecule has 0 N–H and O–H groups in total. The second-order valence-electron chi connectivity index (χ2n) is 8.19. The standard InChI is InChI=1S/C14H22Cl6Si2/c15-21(16,17)3-1-13-6-11-5-12(7-13)9-14(8-11,10-13)2-4-22(18,19)20/h11-12H,1-10H2. The lowest BCUT2D eigenvalue weighted by Gasteiger charge is -2.63. The van der Waals surface area contributed by atoms with E-state index in [0.29, 0.717) is 10.8 Å². The Bertz CT molecular complexity index is 380. The summed E-state index contributed by atoms with van der Waals surface area (Å²) in [6.07, 6.45) is 10.2. The lowest BCUT2D eigenvalue weighted by atomic mass is 9.43. The van der Waals surface area contributed by atoms with E-state index < -0.39 is 12.0 Å². The van der Waals surface area contributed by atoms with Gasteiger partial charge < -0.3 is 0 Å². The smallest absolute Gasteiger partial charge is 0.126 e. The molecule has 4 rings (SSSR count). The first kappa shape index (κ1) is 18.9. The van der Waals surface area contributed by atoms with Gasteiger partial charge in [0.25, 0.3) is 0 Å². The molecule has 128 valence electrons. The lowest BCUT2D eigenvalue weighted by Crippen LogP contribution is -2.52. The van der Waals surface area contributed by atoms with E-state index >= 15 is 0 Å². The third kappa shape index (κ3) is 4.66. The van der Waals surface area contributed by atoms with Crippen LogP contribution in [0.3, 0.4) is 0 Å². The van der Waals surface area contributed by atoms with Crippen molar-refractivity contribution in [2.24, 2.45) is 22.7 Å². The first-order chi connectivity index (χ1) is 9.99. The molecule has 8 heteroatoms. The molecule has 0 heterocycles. The van der Waals surface area contributed by atoms with Crippen LogP contribution in [0.5, 0.6) is 0 Å². The van der Waals surface area contributed by atoms with Crippen molar-refractivity contribution in [3.05, 3.63) is 0 Å². The third-order valence-corrected chi connectivity index (χ3v) is 11.2. The van der Waals surface area contributed by atoms with Crippen LogP contribution in [0.4, 0.5) is 0 Å². The van der Waals surface area contributed by atoms with Gasteiger partial charge in [0.1, 0.15) is 0 Å². The second kappa shape index (κ2) is 6.41. The molecule has 4 fully saturated rings. The summed E-state index contributed by atoms with van der Waals surface area (Å²) in [5.41, 5.74) is 0.826. The van der Waals surface area contributed by atoms with Gasteiger partial charge in [-0.2, -0.15) is 0 Å². The van der Waals surface area contributed by atoms with Gasteiger partial charge >= 0.3 is 12.0 Å². The van der Waals surface area contributed by atoms with Crippen LogP contribution >= 0.6 is 66.5 Å². The Morgan fingerprint density at radius 3 is 1.36 bits per heavy atom. The fourth-order valence-corrected chi connectivity index (χ4v) is 9.38. The highest BCUT2D eigenvalue weighted by molar-refractivity contribution is 7.65. The lowest BCUT2D eigenvalue weighted by molar-refractivity contribution is -0.113. The van der Waals surface area contributed by atoms with E-state index in [1.807, 2.05) is 0 Å². The van der Waals surface area contributed by atoms with E-state index in [9.17, 15) is 0 Å². The minimum atomic E-state index is -2.52. The van der Waals surface area contributed by atoms with E-state index in [2.05, 4.69) is 0 Å². The molecule has 4 saturated carbocycles. The fraction of sp³-hybridized carbons (Fsp3) is 1.00. The van der Waals surface area contributed by atoms with Crippen LogP contribution in [-0.4, -0.2) is 12.0 Å². The normalized spacial score (nSPS) is 41.2. The predicted molar refractivity (Wildman–Crippen MR) is 105 cm³/mol. The topological polar surface area (TPSA) is 0 Å². The van der Waals surface area contributed by atoms with Crippen molar-refractivity contribution in [3.63, 3.8) is 0 Å². The Morgan fingerprint density at radius 1 is 0.682 bits per heavy atom. The fourth-order valence-electron chi connectivity index (χ4n) is 6.05. The highest BCUT2D eigenvalue weighted by Crippen LogP contribution is 2.68. The minimum Gasteiger partial charge on any atom is -0.126 e. The van der Waals surface area contributed by atoms with Gasteiger partial charge in [-0.3, -0.25) is 0 Å². The summed E-state index contributed by atoms with van der Waals surface area (Å²) in [6, 6.07) is -3.45. The molecule has 4 aliphatic carbocycles. The van der Waals surface area contributed by atoms with Crippen molar-refractivity contribution in [1.29, 1.82) is 0 Å². The Morgan fingerprint density at radius 2 is 1.05 bits per heavy atom. The Kier molecular flexibility index (Phi) is 5.52. The van der Waals surface area contributed by atoms with Gasteiger partial charge in [-0.25, -0.2) is 0 Å². The zero-order chi connectivity index (χ0) is 16.2. The maximum Gasteiger partial charge on any atom is 0.341 e. The van der Waals surface area contributed by atoms with E-state index in [0.717, 1.165) is 36.8 Å². The third-order valence-electron chi connectivity index (χ3n) is 6.18. The van der Waals surface area contributed by atoms with E-state index in [4.69, 9.17) is 66.5 Å². The van der Waals surface area contributed by atoms with E-state index in [1.165, 1.54) is 38.5 Å². The monoisotopic (exact) mass is 456 g/mol. The molecule has 0 aliphatic heterocycles. The van der Waals surface area contributed by atoms with Crippen LogP contribution in [0, 0.1) is 22.7 Å². The summed E-state index contributed by atoms with van der Waals surface area (Å²) in [7, 11) is 0. The van der Waals surface area contributed by atoms with E-state index in [1.54, 1.807) is 0 Å². The summed E-state index contributed by atoms with van der Waals surface area (Å²) in [5, 5.41) is 0. The quantitative estimate of drug-likeness (QED) is 0.283. The van der Waals surface area contributed by atoms with E-state index in [-0.39, 0.29) is 0 Å². The number of hydrogen-bond acceptors (Lipinski definition) is 0. The van der Waals surface area contributed by atoms with Crippen LogP contribution in [0.25, 0.3) is 0 Å². The van der Waals surface area contributed by atoms with Gasteiger partial charge in [0.15, 0.2) is 0 Å². The van der Waals surface area contributed by atoms with Crippen molar-refractivity contribution < 1.29 is 0 Å². The largest absolute Gasteiger partial charge is 0.341 e. The summed E-state index contributed by atoms with van der Waals surface area (Å²) < 4.78 is 0. The molecule has 4 bridgehead atoms. The molecule has 0 aromatic carbocycles. The molecule has 0 nitrogen and oxygen atoms in total. The molecule has 0 radical (unpaired) electrons. The Labute approximate surface area is 163 Å². The number of halogens is 6. The maximum atomic E-state index is 6.15. The van der Waals surface area contributed by atoms with Crippen molar-refractivity contribution in [3.8, 4) is 0 Å². The first-order valence-corrected chi connectivity index (χ1v) is 18.6. The zero-order valence-corrected chi connectivity index (χ0v) is 19.0. The van der Waals surface area contributed by atoms with Crippen molar-refractivity contribution in [2.75, 3.05) is 0 Å². The first-order valence-electron chi connectivity index (χ1n) is 8.12. The Hall–Kier alpha value is 2.17. The van der Waals surface area contributed by atoms with Crippen molar-refractivity contribution >= 4 is 78.5 Å². The number of hydrogen-bond donors (Lipinski definition) is 0. The molecular weight excluding hydrogens is 437 g/mol. The van der Waals surface area contributed by atoms with Crippen molar-refractivity contribution in [1.82, 2.24) is 0 Å². The van der Waals surface area contributed by atoms with Gasteiger partial charge in [-0.15, -0.1) is 66.5 Å².